The summed E-state index contributed by atoms with van der Waals surface area (Å²) in [6.07, 6.45) is 12.7. The largest absolute Gasteiger partial charge is 0.354 e. The van der Waals surface area contributed by atoms with Crippen molar-refractivity contribution < 1.29 is 8.42 Å². The van der Waals surface area contributed by atoms with Crippen LogP contribution >= 0.6 is 0 Å². The topological polar surface area (TPSA) is 102 Å². The van der Waals surface area contributed by atoms with E-state index < -0.39 is 14.8 Å². The lowest BCUT2D eigenvalue weighted by atomic mass is 9.92. The molecule has 5 heterocycles. The van der Waals surface area contributed by atoms with Crippen molar-refractivity contribution in [1.82, 2.24) is 28.9 Å². The van der Waals surface area contributed by atoms with Crippen LogP contribution in [0.25, 0.3) is 22.3 Å². The summed E-state index contributed by atoms with van der Waals surface area (Å²) in [4.78, 5) is 15.4. The molecular formula is C36H44N8O2S. The lowest BCUT2D eigenvalue weighted by Crippen LogP contribution is -2.41. The fraction of sp³-hybridized carbons (Fsp3) is 0.500. The molecule has 0 bridgehead atoms. The van der Waals surface area contributed by atoms with Crippen molar-refractivity contribution in [2.45, 2.75) is 95.9 Å². The van der Waals surface area contributed by atoms with E-state index >= 15 is 0 Å². The van der Waals surface area contributed by atoms with Gasteiger partial charge in [-0.25, -0.2) is 18.4 Å². The third kappa shape index (κ3) is 5.08. The summed E-state index contributed by atoms with van der Waals surface area (Å²) in [5.41, 5.74) is 6.80. The zero-order chi connectivity index (χ0) is 32.7. The van der Waals surface area contributed by atoms with Crippen LogP contribution in [0, 0.1) is 0 Å². The molecule has 4 aromatic rings. The number of piperidine rings is 1. The summed E-state index contributed by atoms with van der Waals surface area (Å²) in [5, 5.41) is 10.1. The van der Waals surface area contributed by atoms with Gasteiger partial charge in [-0.1, -0.05) is 35.4 Å². The third-order valence-electron chi connectivity index (χ3n) is 10.6. The molecule has 1 aromatic carbocycles. The van der Waals surface area contributed by atoms with Gasteiger partial charge in [0.05, 0.1) is 23.1 Å². The molecule has 2 aliphatic carbocycles. The first-order valence-corrected chi connectivity index (χ1v) is 18.5. The molecule has 2 aliphatic heterocycles. The molecule has 2 fully saturated rings. The molecule has 246 valence electrons. The van der Waals surface area contributed by atoms with Crippen molar-refractivity contribution in [3.8, 4) is 11.4 Å². The second-order valence-electron chi connectivity index (χ2n) is 14.4. The van der Waals surface area contributed by atoms with Crippen LogP contribution < -0.4 is 9.80 Å². The quantitative estimate of drug-likeness (QED) is 0.240. The standard InChI is InChI=1S/C36H44N8O2S/c1-23-17-24(2)20-36(4,19-23)47(45,46)44-32-11-8-10-27(28(32)21-37-44)34-38-30-14-16-42(33-18-31(26-12-13-26)40-41(33)5)22-29(30)35(39-34)43-15-7-6-9-25(43)3/h8,10-11,17-19,21,25-26H,6-7,9,12-16,20,22H2,1-5H3/t25-,36?/m1/s1. The number of aromatic nitrogens is 6. The van der Waals surface area contributed by atoms with Gasteiger partial charge in [-0.05, 0) is 72.3 Å². The Balaban J connectivity index is 1.22. The van der Waals surface area contributed by atoms with Gasteiger partial charge in [0.1, 0.15) is 16.4 Å². The number of nitrogens with zero attached hydrogens (tertiary/aromatic N) is 8. The summed E-state index contributed by atoms with van der Waals surface area (Å²) in [5.74, 6) is 3.39. The Morgan fingerprint density at radius 1 is 1.04 bits per heavy atom. The molecule has 1 saturated heterocycles. The van der Waals surface area contributed by atoms with Gasteiger partial charge in [0.25, 0.3) is 10.0 Å². The van der Waals surface area contributed by atoms with Crippen LogP contribution in [-0.2, 0) is 30.0 Å². The summed E-state index contributed by atoms with van der Waals surface area (Å²) in [6.45, 7) is 10.6. The Kier molecular flexibility index (Phi) is 7.13. The van der Waals surface area contributed by atoms with Crippen LogP contribution in [0.15, 0.2) is 53.8 Å². The molecule has 10 nitrogen and oxygen atoms in total. The highest BCUT2D eigenvalue weighted by molar-refractivity contribution is 7.91. The van der Waals surface area contributed by atoms with Crippen molar-refractivity contribution in [3.63, 3.8) is 0 Å². The van der Waals surface area contributed by atoms with Crippen molar-refractivity contribution in [2.24, 2.45) is 7.05 Å². The Bertz CT molecular complexity index is 2070. The summed E-state index contributed by atoms with van der Waals surface area (Å²) in [6, 6.07) is 8.38. The van der Waals surface area contributed by atoms with E-state index in [1.807, 2.05) is 48.9 Å². The third-order valence-corrected chi connectivity index (χ3v) is 12.8. The van der Waals surface area contributed by atoms with Crippen LogP contribution in [0.1, 0.15) is 89.1 Å². The van der Waals surface area contributed by atoms with Gasteiger partial charge in [-0.15, -0.1) is 0 Å². The molecule has 0 radical (unpaired) electrons. The molecule has 11 heteroatoms. The van der Waals surface area contributed by atoms with Crippen LogP contribution in [-0.4, -0.2) is 61.2 Å². The highest BCUT2D eigenvalue weighted by Gasteiger charge is 2.42. The van der Waals surface area contributed by atoms with E-state index in [9.17, 15) is 8.42 Å². The number of hydrogen-bond acceptors (Lipinski definition) is 8. The highest BCUT2D eigenvalue weighted by Crippen LogP contribution is 2.42. The number of aryl methyl sites for hydroxylation is 1. The fourth-order valence-electron chi connectivity index (χ4n) is 8.06. The second-order valence-corrected chi connectivity index (χ2v) is 16.7. The zero-order valence-corrected chi connectivity index (χ0v) is 28.9. The number of fused-ring (bicyclic) bond motifs is 2. The Hall–Kier alpha value is -3.99. The number of anilines is 2. The van der Waals surface area contributed by atoms with Crippen molar-refractivity contribution in [1.29, 1.82) is 0 Å². The monoisotopic (exact) mass is 652 g/mol. The molecule has 1 unspecified atom stereocenters. The van der Waals surface area contributed by atoms with Gasteiger partial charge in [-0.2, -0.15) is 14.3 Å². The first-order valence-electron chi connectivity index (χ1n) is 17.1. The molecular weight excluding hydrogens is 609 g/mol. The van der Waals surface area contributed by atoms with Gasteiger partial charge in [-0.3, -0.25) is 4.68 Å². The van der Waals surface area contributed by atoms with Crippen LogP contribution in [0.3, 0.4) is 0 Å². The van der Waals surface area contributed by atoms with E-state index in [-0.39, 0.29) is 0 Å². The molecule has 1 saturated carbocycles. The molecule has 0 spiro atoms. The van der Waals surface area contributed by atoms with Crippen molar-refractivity contribution in [2.75, 3.05) is 22.9 Å². The molecule has 3 aromatic heterocycles. The molecule has 0 amide bonds. The minimum absolute atomic E-state index is 0.373. The summed E-state index contributed by atoms with van der Waals surface area (Å²) >= 11 is 0. The SMILES string of the molecule is CC1=CC(C)(S(=O)(=O)n2ncc3c(-c4nc5c(c(N6CCCC[C@H]6C)n4)CN(c4cc(C6CC6)nn4C)CC5)cccc32)CC(C)=C1. The van der Waals surface area contributed by atoms with Crippen LogP contribution in [0.4, 0.5) is 11.6 Å². The van der Waals surface area contributed by atoms with Crippen LogP contribution in [0.2, 0.25) is 0 Å². The van der Waals surface area contributed by atoms with Gasteiger partial charge in [0, 0.05) is 67.6 Å². The van der Waals surface area contributed by atoms with E-state index in [1.165, 1.54) is 34.6 Å². The number of allylic oxidation sites excluding steroid dienone is 3. The summed E-state index contributed by atoms with van der Waals surface area (Å²) < 4.78 is 30.6. The molecule has 4 aliphatic rings. The smallest absolute Gasteiger partial charge is 0.263 e. The molecule has 47 heavy (non-hydrogen) atoms. The average Bonchev–Trinajstić information content (AvgIpc) is 3.67. The number of rotatable bonds is 6. The van der Waals surface area contributed by atoms with E-state index in [0.29, 0.717) is 29.7 Å². The minimum Gasteiger partial charge on any atom is -0.354 e. The molecule has 2 atom stereocenters. The Morgan fingerprint density at radius 3 is 2.64 bits per heavy atom. The zero-order valence-electron chi connectivity index (χ0n) is 28.1. The highest BCUT2D eigenvalue weighted by atomic mass is 32.2. The predicted octanol–water partition coefficient (Wildman–Crippen LogP) is 6.28. The number of hydrogen-bond donors (Lipinski definition) is 0. The second kappa shape index (κ2) is 11.0. The maximum absolute atomic E-state index is 14.2. The van der Waals surface area contributed by atoms with Gasteiger partial charge in [0.15, 0.2) is 5.82 Å². The van der Waals surface area contributed by atoms with Crippen molar-refractivity contribution in [3.05, 3.63) is 70.7 Å². The maximum Gasteiger partial charge on any atom is 0.263 e. The van der Waals surface area contributed by atoms with Gasteiger partial charge in [0.2, 0.25) is 0 Å². The van der Waals surface area contributed by atoms with Gasteiger partial charge >= 0.3 is 0 Å². The molecule has 8 rings (SSSR count). The first kappa shape index (κ1) is 30.4. The van der Waals surface area contributed by atoms with E-state index in [1.54, 1.807) is 13.1 Å². The Morgan fingerprint density at radius 2 is 1.87 bits per heavy atom. The predicted molar refractivity (Wildman–Crippen MR) is 186 cm³/mol. The summed E-state index contributed by atoms with van der Waals surface area (Å²) in [7, 11) is -1.82. The lowest BCUT2D eigenvalue weighted by Gasteiger charge is -2.38. The fourth-order valence-corrected chi connectivity index (χ4v) is 9.79. The van der Waals surface area contributed by atoms with E-state index in [0.717, 1.165) is 78.3 Å². The molecule has 0 N–H and O–H groups in total. The first-order chi connectivity index (χ1) is 22.5. The Labute approximate surface area is 277 Å². The maximum atomic E-state index is 14.2. The lowest BCUT2D eigenvalue weighted by molar-refractivity contribution is 0.478. The van der Waals surface area contributed by atoms with Crippen LogP contribution in [0.5, 0.6) is 0 Å². The van der Waals surface area contributed by atoms with Crippen molar-refractivity contribution >= 4 is 32.6 Å². The van der Waals surface area contributed by atoms with Gasteiger partial charge < -0.3 is 9.80 Å². The number of benzene rings is 1. The van der Waals surface area contributed by atoms with E-state index in [4.69, 9.17) is 15.1 Å². The normalized spacial score (nSPS) is 23.6. The van der Waals surface area contributed by atoms with E-state index in [2.05, 4.69) is 34.9 Å². The average molecular weight is 653 g/mol. The minimum atomic E-state index is -3.87.